The van der Waals surface area contributed by atoms with E-state index in [1.54, 1.807) is 0 Å². The maximum Gasteiger partial charge on any atom is 0.453 e. The summed E-state index contributed by atoms with van der Waals surface area (Å²) < 4.78 is 67.7. The number of hydrogen-bond acceptors (Lipinski definition) is 8. The topological polar surface area (TPSA) is 167 Å². The molecule has 0 radical (unpaired) electrons. The summed E-state index contributed by atoms with van der Waals surface area (Å²) in [6.45, 7) is 0.703. The van der Waals surface area contributed by atoms with Gasteiger partial charge in [-0.2, -0.15) is 27.1 Å². The standard InChI is InChI=1S/C23H19ClF5N9O3/c1-21(13-9-37(36-34-13)6-4-14(39)40)15-17(30)31-19(32-18(15)33-20(21)41)16-11-3-2-10(24)8-12(11)38(35-16)7-5-22(25,26)23(27,28)29/h2-3,8-9H,4-7H2,1H3,(H,39,40)(H3,30,31,32,33,41)/t21-/m1/s1. The van der Waals surface area contributed by atoms with Gasteiger partial charge in [0.1, 0.15) is 28.4 Å². The zero-order valence-electron chi connectivity index (χ0n) is 20.9. The number of hydrogen-bond donors (Lipinski definition) is 3. The minimum Gasteiger partial charge on any atom is -0.481 e. The van der Waals surface area contributed by atoms with Gasteiger partial charge in [0.15, 0.2) is 5.82 Å². The second kappa shape index (κ2) is 9.60. The molecular formula is C23H19ClF5N9O3. The first-order valence-electron chi connectivity index (χ1n) is 11.8. The molecule has 1 aliphatic rings. The maximum atomic E-state index is 13.6. The number of aromatic nitrogens is 7. The van der Waals surface area contributed by atoms with Crippen molar-refractivity contribution in [1.29, 1.82) is 0 Å². The third-order valence-electron chi connectivity index (χ3n) is 6.71. The van der Waals surface area contributed by atoms with Crippen LogP contribution in [0.2, 0.25) is 5.02 Å². The predicted octanol–water partition coefficient (Wildman–Crippen LogP) is 3.64. The minimum atomic E-state index is -5.74. The van der Waals surface area contributed by atoms with Gasteiger partial charge in [0.2, 0.25) is 5.91 Å². The second-order valence-corrected chi connectivity index (χ2v) is 9.87. The molecule has 4 N–H and O–H groups in total. The van der Waals surface area contributed by atoms with Crippen molar-refractivity contribution in [3.8, 4) is 11.5 Å². The van der Waals surface area contributed by atoms with Crippen LogP contribution in [0.3, 0.4) is 0 Å². The first-order chi connectivity index (χ1) is 19.1. The highest BCUT2D eigenvalue weighted by Gasteiger charge is 2.57. The van der Waals surface area contributed by atoms with Crippen LogP contribution in [-0.2, 0) is 28.1 Å². The lowest BCUT2D eigenvalue weighted by Crippen LogP contribution is -2.37. The number of alkyl halides is 5. The summed E-state index contributed by atoms with van der Waals surface area (Å²) in [5.41, 5.74) is 5.24. The van der Waals surface area contributed by atoms with Gasteiger partial charge in [-0.1, -0.05) is 16.8 Å². The molecule has 1 aliphatic heterocycles. The molecule has 18 heteroatoms. The number of aryl methyl sites for hydroxylation is 2. The molecule has 5 rings (SSSR count). The fourth-order valence-corrected chi connectivity index (χ4v) is 4.64. The van der Waals surface area contributed by atoms with Gasteiger partial charge in [-0.3, -0.25) is 19.0 Å². The van der Waals surface area contributed by atoms with Crippen molar-refractivity contribution in [2.45, 2.75) is 50.4 Å². The summed E-state index contributed by atoms with van der Waals surface area (Å²) in [6, 6.07) is 4.29. The number of nitrogens with one attached hydrogen (secondary N) is 1. The van der Waals surface area contributed by atoms with Crippen LogP contribution in [0.25, 0.3) is 22.4 Å². The van der Waals surface area contributed by atoms with Crippen LogP contribution in [0.4, 0.5) is 33.6 Å². The quantitative estimate of drug-likeness (QED) is 0.256. The Kier molecular flexibility index (Phi) is 6.59. The van der Waals surface area contributed by atoms with E-state index < -0.39 is 42.4 Å². The number of nitrogen functional groups attached to an aromatic ring is 1. The number of halogens is 6. The number of carboxylic acid groups (broad SMARTS) is 1. The molecule has 1 amide bonds. The van der Waals surface area contributed by atoms with E-state index in [4.69, 9.17) is 22.4 Å². The van der Waals surface area contributed by atoms with E-state index in [0.717, 1.165) is 4.68 Å². The summed E-state index contributed by atoms with van der Waals surface area (Å²) >= 11 is 6.04. The molecule has 0 saturated carbocycles. The molecule has 216 valence electrons. The van der Waals surface area contributed by atoms with Gasteiger partial charge in [0, 0.05) is 29.6 Å². The number of carboxylic acids is 1. The average Bonchev–Trinajstić information content (AvgIpc) is 3.56. The average molecular weight is 600 g/mol. The Bertz CT molecular complexity index is 1700. The van der Waals surface area contributed by atoms with Crippen LogP contribution >= 0.6 is 11.6 Å². The third kappa shape index (κ3) is 4.79. The van der Waals surface area contributed by atoms with Gasteiger partial charge in [-0.25, -0.2) is 9.97 Å². The van der Waals surface area contributed by atoms with Crippen molar-refractivity contribution in [2.24, 2.45) is 0 Å². The Balaban J connectivity index is 1.55. The lowest BCUT2D eigenvalue weighted by molar-refractivity contribution is -0.285. The lowest BCUT2D eigenvalue weighted by Gasteiger charge is -2.19. The number of carbonyl (C=O) groups is 2. The third-order valence-corrected chi connectivity index (χ3v) is 6.94. The van der Waals surface area contributed by atoms with Gasteiger partial charge in [0.05, 0.1) is 24.0 Å². The minimum absolute atomic E-state index is 0.000328. The molecule has 0 unspecified atom stereocenters. The van der Waals surface area contributed by atoms with Crippen LogP contribution in [0.1, 0.15) is 31.0 Å². The molecular weight excluding hydrogens is 581 g/mol. The molecule has 0 bridgehead atoms. The molecule has 3 aromatic heterocycles. The zero-order chi connectivity index (χ0) is 29.9. The Morgan fingerprint density at radius 2 is 1.93 bits per heavy atom. The second-order valence-electron chi connectivity index (χ2n) is 9.43. The van der Waals surface area contributed by atoms with E-state index in [9.17, 15) is 31.5 Å². The van der Waals surface area contributed by atoms with Crippen LogP contribution in [-0.4, -0.2) is 63.8 Å². The van der Waals surface area contributed by atoms with E-state index in [2.05, 4.69) is 30.7 Å². The Labute approximate surface area is 231 Å². The zero-order valence-corrected chi connectivity index (χ0v) is 21.6. The highest BCUT2D eigenvalue weighted by atomic mass is 35.5. The molecule has 12 nitrogen and oxygen atoms in total. The van der Waals surface area contributed by atoms with E-state index in [1.807, 2.05) is 0 Å². The highest BCUT2D eigenvalue weighted by Crippen LogP contribution is 2.45. The molecule has 4 heterocycles. The number of amides is 1. The van der Waals surface area contributed by atoms with Gasteiger partial charge < -0.3 is 16.2 Å². The summed E-state index contributed by atoms with van der Waals surface area (Å²) in [5, 5.41) is 24.0. The fraction of sp³-hybridized carbons (Fsp3) is 0.348. The molecule has 0 fully saturated rings. The number of fused-ring (bicyclic) bond motifs is 2. The summed E-state index contributed by atoms with van der Waals surface area (Å²) in [4.78, 5) is 32.7. The van der Waals surface area contributed by atoms with Crippen molar-refractivity contribution < 1.29 is 36.6 Å². The van der Waals surface area contributed by atoms with Gasteiger partial charge >= 0.3 is 18.1 Å². The first kappa shape index (κ1) is 28.1. The van der Waals surface area contributed by atoms with E-state index in [-0.39, 0.29) is 63.3 Å². The van der Waals surface area contributed by atoms with Crippen molar-refractivity contribution in [3.05, 3.63) is 40.7 Å². The van der Waals surface area contributed by atoms with Crippen molar-refractivity contribution in [2.75, 3.05) is 11.1 Å². The molecule has 1 atom stereocenters. The number of rotatable bonds is 8. The van der Waals surface area contributed by atoms with Gasteiger partial charge in [-0.15, -0.1) is 5.10 Å². The monoisotopic (exact) mass is 599 g/mol. The SMILES string of the molecule is C[C@]1(c2cn(CCC(=O)O)nn2)C(=O)Nc2nc(-c3nn(CCC(F)(F)C(F)(F)F)c4cc(Cl)ccc34)nc(N)c21. The summed E-state index contributed by atoms with van der Waals surface area (Å²) in [5.74, 6) is -6.87. The Morgan fingerprint density at radius 3 is 2.61 bits per heavy atom. The van der Waals surface area contributed by atoms with E-state index in [0.29, 0.717) is 0 Å². The lowest BCUT2D eigenvalue weighted by atomic mass is 9.81. The van der Waals surface area contributed by atoms with E-state index >= 15 is 0 Å². The number of nitrogens with two attached hydrogens (primary N) is 1. The highest BCUT2D eigenvalue weighted by molar-refractivity contribution is 6.31. The number of anilines is 2. The summed E-state index contributed by atoms with van der Waals surface area (Å²) in [6.07, 6.45) is -6.13. The largest absolute Gasteiger partial charge is 0.481 e. The molecule has 0 spiro atoms. The molecule has 4 aromatic rings. The smallest absolute Gasteiger partial charge is 0.453 e. The maximum absolute atomic E-state index is 13.6. The molecule has 0 saturated heterocycles. The van der Waals surface area contributed by atoms with Crippen LogP contribution in [0.5, 0.6) is 0 Å². The van der Waals surface area contributed by atoms with Crippen molar-refractivity contribution >= 4 is 46.0 Å². The van der Waals surface area contributed by atoms with Crippen LogP contribution in [0.15, 0.2) is 24.4 Å². The normalized spacial score (nSPS) is 17.2. The number of aliphatic carboxylic acids is 1. The number of benzene rings is 1. The summed E-state index contributed by atoms with van der Waals surface area (Å²) in [7, 11) is 0. The molecule has 41 heavy (non-hydrogen) atoms. The molecule has 1 aromatic carbocycles. The van der Waals surface area contributed by atoms with Crippen molar-refractivity contribution in [1.82, 2.24) is 34.7 Å². The van der Waals surface area contributed by atoms with Crippen LogP contribution in [0, 0.1) is 0 Å². The first-order valence-corrected chi connectivity index (χ1v) is 12.2. The van der Waals surface area contributed by atoms with Gasteiger partial charge in [-0.05, 0) is 25.1 Å². The Hall–Kier alpha value is -4.41. The molecule has 0 aliphatic carbocycles. The Morgan fingerprint density at radius 1 is 1.20 bits per heavy atom. The van der Waals surface area contributed by atoms with Crippen LogP contribution < -0.4 is 11.1 Å². The van der Waals surface area contributed by atoms with Crippen molar-refractivity contribution in [3.63, 3.8) is 0 Å². The van der Waals surface area contributed by atoms with Gasteiger partial charge in [0.25, 0.3) is 0 Å². The fourth-order valence-electron chi connectivity index (χ4n) is 4.48. The van der Waals surface area contributed by atoms with E-state index in [1.165, 1.54) is 36.0 Å². The number of nitrogens with zero attached hydrogens (tertiary/aromatic N) is 7. The predicted molar refractivity (Wildman–Crippen MR) is 133 cm³/mol. The number of carbonyl (C=O) groups excluding carboxylic acids is 1.